The van der Waals surface area contributed by atoms with Gasteiger partial charge in [0.05, 0.1) is 6.61 Å². The third kappa shape index (κ3) is 3.96. The highest BCUT2D eigenvalue weighted by atomic mass is 35.5. The summed E-state index contributed by atoms with van der Waals surface area (Å²) in [4.78, 5) is 4.08. The van der Waals surface area contributed by atoms with Crippen molar-refractivity contribution in [3.63, 3.8) is 0 Å². The lowest BCUT2D eigenvalue weighted by molar-refractivity contribution is 0.344. The van der Waals surface area contributed by atoms with E-state index in [1.807, 2.05) is 36.4 Å². The lowest BCUT2D eigenvalue weighted by atomic mass is 10.2. The number of thioether (sulfide) groups is 1. The van der Waals surface area contributed by atoms with Crippen molar-refractivity contribution in [2.75, 3.05) is 12.4 Å². The molecule has 0 bridgehead atoms. The minimum absolute atomic E-state index is 0.512. The molecule has 7 heteroatoms. The molecule has 0 amide bonds. The van der Waals surface area contributed by atoms with Crippen LogP contribution in [0.4, 0.5) is 0 Å². The zero-order valence-corrected chi connectivity index (χ0v) is 15.1. The van der Waals surface area contributed by atoms with Crippen molar-refractivity contribution in [1.82, 2.24) is 19.7 Å². The molecular formula is C18H17ClN4OS. The van der Waals surface area contributed by atoms with Gasteiger partial charge in [-0.3, -0.25) is 9.55 Å². The molecule has 5 nitrogen and oxygen atoms in total. The van der Waals surface area contributed by atoms with Crippen LogP contribution in [-0.2, 0) is 0 Å². The Morgan fingerprint density at radius 3 is 2.56 bits per heavy atom. The molecule has 0 N–H and O–H groups in total. The van der Waals surface area contributed by atoms with Gasteiger partial charge >= 0.3 is 0 Å². The largest absolute Gasteiger partial charge is 0.493 e. The zero-order valence-electron chi connectivity index (χ0n) is 13.5. The number of nitrogens with zero attached hydrogens (tertiary/aromatic N) is 4. The van der Waals surface area contributed by atoms with Gasteiger partial charge in [0.1, 0.15) is 5.75 Å². The quantitative estimate of drug-likeness (QED) is 0.451. The molecule has 0 aliphatic heterocycles. The van der Waals surface area contributed by atoms with Crippen molar-refractivity contribution in [2.24, 2.45) is 0 Å². The Morgan fingerprint density at radius 2 is 1.84 bits per heavy atom. The number of hydrogen-bond donors (Lipinski definition) is 0. The van der Waals surface area contributed by atoms with E-state index in [0.717, 1.165) is 28.0 Å². The highest BCUT2D eigenvalue weighted by molar-refractivity contribution is 7.99. The van der Waals surface area contributed by atoms with E-state index in [0.29, 0.717) is 17.7 Å². The minimum atomic E-state index is 0.512. The highest BCUT2D eigenvalue weighted by Gasteiger charge is 2.30. The minimum Gasteiger partial charge on any atom is -0.493 e. The first-order chi connectivity index (χ1) is 12.3. The molecule has 25 heavy (non-hydrogen) atoms. The van der Waals surface area contributed by atoms with E-state index < -0.39 is 0 Å². The van der Waals surface area contributed by atoms with E-state index in [1.54, 1.807) is 24.2 Å². The molecule has 0 spiro atoms. The molecule has 0 radical (unpaired) electrons. The molecule has 0 saturated heterocycles. The van der Waals surface area contributed by atoms with Crippen LogP contribution in [0.5, 0.6) is 5.75 Å². The Bertz CT molecular complexity index is 834. The molecule has 2 aromatic heterocycles. The molecule has 2 heterocycles. The first kappa shape index (κ1) is 16.4. The van der Waals surface area contributed by atoms with Crippen LogP contribution >= 0.6 is 23.4 Å². The van der Waals surface area contributed by atoms with Gasteiger partial charge in [0.2, 0.25) is 0 Å². The summed E-state index contributed by atoms with van der Waals surface area (Å²) in [6.45, 7) is 0.606. The number of ether oxygens (including phenoxy) is 1. The van der Waals surface area contributed by atoms with Crippen LogP contribution in [0.3, 0.4) is 0 Å². The lowest BCUT2D eigenvalue weighted by Gasteiger charge is -2.09. The Balaban J connectivity index is 1.41. The predicted octanol–water partition coefficient (Wildman–Crippen LogP) is 4.50. The molecule has 3 aromatic rings. The second-order valence-electron chi connectivity index (χ2n) is 5.79. The topological polar surface area (TPSA) is 52.8 Å². The Kier molecular flexibility index (Phi) is 4.90. The summed E-state index contributed by atoms with van der Waals surface area (Å²) < 4.78 is 8.00. The van der Waals surface area contributed by atoms with Gasteiger partial charge in [0.25, 0.3) is 0 Å². The maximum Gasteiger partial charge on any atom is 0.191 e. The number of halogens is 1. The summed E-state index contributed by atoms with van der Waals surface area (Å²) in [7, 11) is 0. The van der Waals surface area contributed by atoms with E-state index in [2.05, 4.69) is 19.7 Å². The number of hydrogen-bond acceptors (Lipinski definition) is 5. The second-order valence-corrected chi connectivity index (χ2v) is 7.29. The van der Waals surface area contributed by atoms with E-state index in [9.17, 15) is 0 Å². The van der Waals surface area contributed by atoms with Crippen LogP contribution in [0.2, 0.25) is 5.02 Å². The van der Waals surface area contributed by atoms with Crippen LogP contribution in [0, 0.1) is 0 Å². The van der Waals surface area contributed by atoms with Crippen LogP contribution < -0.4 is 4.74 Å². The van der Waals surface area contributed by atoms with Gasteiger partial charge in [-0.1, -0.05) is 23.4 Å². The summed E-state index contributed by atoms with van der Waals surface area (Å²) in [6.07, 6.45) is 5.94. The van der Waals surface area contributed by atoms with E-state index in [-0.39, 0.29) is 0 Å². The Morgan fingerprint density at radius 1 is 1.08 bits per heavy atom. The second kappa shape index (κ2) is 7.45. The Hall–Kier alpha value is -2.05. The van der Waals surface area contributed by atoms with Gasteiger partial charge in [-0.15, -0.1) is 10.2 Å². The molecular weight excluding hydrogens is 356 g/mol. The lowest BCUT2D eigenvalue weighted by Crippen LogP contribution is -2.03. The summed E-state index contributed by atoms with van der Waals surface area (Å²) in [5.41, 5.74) is 1.05. The van der Waals surface area contributed by atoms with Crippen molar-refractivity contribution < 1.29 is 4.74 Å². The third-order valence-electron chi connectivity index (χ3n) is 3.91. The van der Waals surface area contributed by atoms with Crippen LogP contribution in [0.15, 0.2) is 53.9 Å². The summed E-state index contributed by atoms with van der Waals surface area (Å²) in [5, 5.41) is 10.5. The van der Waals surface area contributed by atoms with E-state index in [4.69, 9.17) is 16.3 Å². The number of benzene rings is 1. The van der Waals surface area contributed by atoms with Gasteiger partial charge in [-0.25, -0.2) is 0 Å². The van der Waals surface area contributed by atoms with Crippen LogP contribution in [-0.4, -0.2) is 32.1 Å². The molecule has 0 unspecified atom stereocenters. The Labute approximate surface area is 155 Å². The molecule has 1 fully saturated rings. The summed E-state index contributed by atoms with van der Waals surface area (Å²) >= 11 is 7.55. The fraction of sp³-hybridized carbons (Fsp3) is 0.278. The monoisotopic (exact) mass is 372 g/mol. The van der Waals surface area contributed by atoms with Gasteiger partial charge in [-0.05, 0) is 49.2 Å². The first-order valence-corrected chi connectivity index (χ1v) is 9.54. The van der Waals surface area contributed by atoms with E-state index in [1.165, 1.54) is 12.8 Å². The van der Waals surface area contributed by atoms with Crippen molar-refractivity contribution in [3.8, 4) is 17.1 Å². The molecule has 1 saturated carbocycles. The van der Waals surface area contributed by atoms with Gasteiger partial charge in [0.15, 0.2) is 11.0 Å². The SMILES string of the molecule is Clc1ccc(OCCSc2nnc(-c3ccncc3)n2C2CC2)cc1. The van der Waals surface area contributed by atoms with Crippen molar-refractivity contribution in [2.45, 2.75) is 24.0 Å². The van der Waals surface area contributed by atoms with Gasteiger partial charge in [-0.2, -0.15) is 0 Å². The smallest absolute Gasteiger partial charge is 0.191 e. The maximum absolute atomic E-state index is 5.88. The van der Waals surface area contributed by atoms with Crippen molar-refractivity contribution in [1.29, 1.82) is 0 Å². The predicted molar refractivity (Wildman–Crippen MR) is 99.2 cm³/mol. The average molecular weight is 373 g/mol. The van der Waals surface area contributed by atoms with E-state index >= 15 is 0 Å². The first-order valence-electron chi connectivity index (χ1n) is 8.18. The molecule has 4 rings (SSSR count). The summed E-state index contributed by atoms with van der Waals surface area (Å²) in [6, 6.07) is 11.9. The number of rotatable bonds is 7. The molecule has 1 aromatic carbocycles. The normalized spacial score (nSPS) is 13.8. The fourth-order valence-corrected chi connectivity index (χ4v) is 3.51. The van der Waals surface area contributed by atoms with Crippen LogP contribution in [0.25, 0.3) is 11.4 Å². The maximum atomic E-state index is 5.88. The standard InChI is InChI=1S/C18H17ClN4OS/c19-14-1-5-16(6-2-14)24-11-12-25-18-22-21-17(23(18)15-3-4-15)13-7-9-20-10-8-13/h1-2,5-10,15H,3-4,11-12H2. The number of aromatic nitrogens is 4. The van der Waals surface area contributed by atoms with Gasteiger partial charge < -0.3 is 4.74 Å². The number of pyridine rings is 1. The van der Waals surface area contributed by atoms with Crippen LogP contribution in [0.1, 0.15) is 18.9 Å². The summed E-state index contributed by atoms with van der Waals surface area (Å²) in [5.74, 6) is 2.56. The molecule has 128 valence electrons. The highest BCUT2D eigenvalue weighted by Crippen LogP contribution is 2.40. The fourth-order valence-electron chi connectivity index (χ4n) is 2.56. The molecule has 0 atom stereocenters. The molecule has 1 aliphatic rings. The van der Waals surface area contributed by atoms with Crippen molar-refractivity contribution in [3.05, 3.63) is 53.8 Å². The van der Waals surface area contributed by atoms with Crippen molar-refractivity contribution >= 4 is 23.4 Å². The third-order valence-corrected chi connectivity index (χ3v) is 5.07. The average Bonchev–Trinajstić information content (AvgIpc) is 3.40. The van der Waals surface area contributed by atoms with Gasteiger partial charge in [0, 0.05) is 34.8 Å². The molecule has 1 aliphatic carbocycles. The zero-order chi connectivity index (χ0) is 17.1.